The Bertz CT molecular complexity index is 622. The van der Waals surface area contributed by atoms with Gasteiger partial charge in [-0.2, -0.15) is 0 Å². The fraction of sp³-hybridized carbons (Fsp3) is 0.294. The highest BCUT2D eigenvalue weighted by atomic mass is 19.1. The second-order valence-corrected chi connectivity index (χ2v) is 4.88. The van der Waals surface area contributed by atoms with Crippen LogP contribution < -0.4 is 4.74 Å². The van der Waals surface area contributed by atoms with Gasteiger partial charge in [0, 0.05) is 32.6 Å². The van der Waals surface area contributed by atoms with E-state index in [-0.39, 0.29) is 18.3 Å². The number of methoxy groups -OCH3 is 1. The van der Waals surface area contributed by atoms with Crippen molar-refractivity contribution in [3.05, 3.63) is 60.2 Å². The third kappa shape index (κ3) is 5.34. The number of ether oxygens (including phenoxy) is 2. The van der Waals surface area contributed by atoms with Crippen molar-refractivity contribution < 1.29 is 18.7 Å². The summed E-state index contributed by atoms with van der Waals surface area (Å²) >= 11 is 0. The molecule has 5 nitrogen and oxygen atoms in total. The Morgan fingerprint density at radius 3 is 2.65 bits per heavy atom. The first-order chi connectivity index (χ1) is 11.2. The Kier molecular flexibility index (Phi) is 6.50. The fourth-order valence-corrected chi connectivity index (χ4v) is 1.99. The number of hydrogen-bond acceptors (Lipinski definition) is 4. The van der Waals surface area contributed by atoms with E-state index in [1.54, 1.807) is 36.5 Å². The number of rotatable bonds is 8. The largest absolute Gasteiger partial charge is 0.481 e. The van der Waals surface area contributed by atoms with Gasteiger partial charge in [0.25, 0.3) is 5.91 Å². The molecule has 122 valence electrons. The Hall–Kier alpha value is -2.47. The number of benzene rings is 1. The first-order valence-corrected chi connectivity index (χ1v) is 7.23. The van der Waals surface area contributed by atoms with Crippen LogP contribution in [0.1, 0.15) is 5.56 Å². The van der Waals surface area contributed by atoms with E-state index in [0.717, 1.165) is 5.56 Å². The molecule has 0 saturated heterocycles. The molecule has 1 aromatic carbocycles. The monoisotopic (exact) mass is 318 g/mol. The van der Waals surface area contributed by atoms with Crippen molar-refractivity contribution in [3.63, 3.8) is 0 Å². The number of halogens is 1. The van der Waals surface area contributed by atoms with Crippen LogP contribution in [-0.4, -0.2) is 42.7 Å². The predicted octanol–water partition coefficient (Wildman–Crippen LogP) is 2.27. The maximum absolute atomic E-state index is 13.5. The first-order valence-electron chi connectivity index (χ1n) is 7.23. The molecule has 2 rings (SSSR count). The normalized spacial score (nSPS) is 10.3. The summed E-state index contributed by atoms with van der Waals surface area (Å²) in [5, 5.41) is 0. The van der Waals surface area contributed by atoms with E-state index in [2.05, 4.69) is 4.98 Å². The van der Waals surface area contributed by atoms with Crippen LogP contribution in [0, 0.1) is 5.82 Å². The van der Waals surface area contributed by atoms with Crippen LogP contribution in [-0.2, 0) is 16.1 Å². The van der Waals surface area contributed by atoms with Crippen LogP contribution in [0.3, 0.4) is 0 Å². The molecule has 0 bridgehead atoms. The molecule has 0 spiro atoms. The summed E-state index contributed by atoms with van der Waals surface area (Å²) < 4.78 is 23.8. The highest BCUT2D eigenvalue weighted by Gasteiger charge is 2.15. The molecule has 0 N–H and O–H groups in total. The number of para-hydroxylation sites is 1. The van der Waals surface area contributed by atoms with Gasteiger partial charge in [-0.25, -0.2) is 4.39 Å². The van der Waals surface area contributed by atoms with Gasteiger partial charge in [0.2, 0.25) is 0 Å². The molecule has 6 heteroatoms. The minimum atomic E-state index is -0.488. The smallest absolute Gasteiger partial charge is 0.260 e. The van der Waals surface area contributed by atoms with Crippen LogP contribution in [0.5, 0.6) is 5.75 Å². The minimum Gasteiger partial charge on any atom is -0.481 e. The number of aromatic nitrogens is 1. The zero-order chi connectivity index (χ0) is 16.5. The van der Waals surface area contributed by atoms with Crippen molar-refractivity contribution in [1.29, 1.82) is 0 Å². The van der Waals surface area contributed by atoms with Gasteiger partial charge in [0.05, 0.1) is 6.61 Å². The maximum Gasteiger partial charge on any atom is 0.260 e. The van der Waals surface area contributed by atoms with E-state index >= 15 is 0 Å². The molecular weight excluding hydrogens is 299 g/mol. The zero-order valence-electron chi connectivity index (χ0n) is 12.9. The molecule has 1 aromatic heterocycles. The van der Waals surface area contributed by atoms with Gasteiger partial charge in [-0.3, -0.25) is 9.78 Å². The summed E-state index contributed by atoms with van der Waals surface area (Å²) in [6.07, 6.45) is 3.34. The Balaban J connectivity index is 1.97. The van der Waals surface area contributed by atoms with Gasteiger partial charge < -0.3 is 14.4 Å². The lowest BCUT2D eigenvalue weighted by Gasteiger charge is -2.22. The highest BCUT2D eigenvalue weighted by molar-refractivity contribution is 5.77. The van der Waals surface area contributed by atoms with Gasteiger partial charge in [-0.1, -0.05) is 12.1 Å². The van der Waals surface area contributed by atoms with Crippen molar-refractivity contribution in [2.45, 2.75) is 6.54 Å². The maximum atomic E-state index is 13.5. The summed E-state index contributed by atoms with van der Waals surface area (Å²) in [5.74, 6) is -0.656. The molecule has 1 heterocycles. The molecule has 0 fully saturated rings. The van der Waals surface area contributed by atoms with Gasteiger partial charge in [-0.15, -0.1) is 0 Å². The van der Waals surface area contributed by atoms with Crippen molar-refractivity contribution >= 4 is 5.91 Å². The molecule has 0 saturated carbocycles. The topological polar surface area (TPSA) is 51.7 Å². The second kappa shape index (κ2) is 8.85. The van der Waals surface area contributed by atoms with Crippen LogP contribution in [0.15, 0.2) is 48.8 Å². The molecule has 0 unspecified atom stereocenters. The number of carbonyl (C=O) groups is 1. The number of hydrogen-bond donors (Lipinski definition) is 0. The summed E-state index contributed by atoms with van der Waals surface area (Å²) in [6.45, 7) is 1.04. The Morgan fingerprint density at radius 2 is 1.96 bits per heavy atom. The van der Waals surface area contributed by atoms with Crippen LogP contribution in [0.4, 0.5) is 4.39 Å². The number of amides is 1. The van der Waals surface area contributed by atoms with Crippen LogP contribution >= 0.6 is 0 Å². The molecule has 0 atom stereocenters. The summed E-state index contributed by atoms with van der Waals surface area (Å²) in [4.78, 5) is 17.9. The predicted molar refractivity (Wildman–Crippen MR) is 83.4 cm³/mol. The van der Waals surface area contributed by atoms with Crippen LogP contribution in [0.2, 0.25) is 0 Å². The molecular formula is C17H19FN2O3. The van der Waals surface area contributed by atoms with Gasteiger partial charge in [-0.05, 0) is 29.8 Å². The number of carbonyl (C=O) groups excluding carboxylic acids is 1. The standard InChI is InChI=1S/C17H19FN2O3/c1-22-11-10-20(12-14-6-8-19-9-7-14)17(21)13-23-16-5-3-2-4-15(16)18/h2-9H,10-13H2,1H3. The van der Waals surface area contributed by atoms with E-state index in [1.807, 2.05) is 12.1 Å². The second-order valence-electron chi connectivity index (χ2n) is 4.88. The molecule has 0 aliphatic heterocycles. The van der Waals surface area contributed by atoms with Crippen LogP contribution in [0.25, 0.3) is 0 Å². The fourth-order valence-electron chi connectivity index (χ4n) is 1.99. The van der Waals surface area contributed by atoms with Crippen molar-refractivity contribution in [2.75, 3.05) is 26.9 Å². The Morgan fingerprint density at radius 1 is 1.22 bits per heavy atom. The van der Waals surface area contributed by atoms with Crippen molar-refractivity contribution in [1.82, 2.24) is 9.88 Å². The van der Waals surface area contributed by atoms with Crippen molar-refractivity contribution in [2.24, 2.45) is 0 Å². The lowest BCUT2D eigenvalue weighted by atomic mass is 10.2. The molecule has 2 aromatic rings. The van der Waals surface area contributed by atoms with Gasteiger partial charge in [0.1, 0.15) is 0 Å². The lowest BCUT2D eigenvalue weighted by Crippen LogP contribution is -2.36. The van der Waals surface area contributed by atoms with E-state index in [9.17, 15) is 9.18 Å². The zero-order valence-corrected chi connectivity index (χ0v) is 12.9. The first kappa shape index (κ1) is 16.9. The molecule has 23 heavy (non-hydrogen) atoms. The van der Waals surface area contributed by atoms with E-state index < -0.39 is 5.82 Å². The summed E-state index contributed by atoms with van der Waals surface area (Å²) in [7, 11) is 1.57. The summed E-state index contributed by atoms with van der Waals surface area (Å²) in [6, 6.07) is 9.68. The third-order valence-corrected chi connectivity index (χ3v) is 3.23. The van der Waals surface area contributed by atoms with E-state index in [1.165, 1.54) is 12.1 Å². The van der Waals surface area contributed by atoms with Crippen molar-refractivity contribution in [3.8, 4) is 5.75 Å². The SMILES string of the molecule is COCCN(Cc1ccncc1)C(=O)COc1ccccc1F. The highest BCUT2D eigenvalue weighted by Crippen LogP contribution is 2.15. The van der Waals surface area contributed by atoms with Gasteiger partial charge >= 0.3 is 0 Å². The minimum absolute atomic E-state index is 0.0662. The average Bonchev–Trinajstić information content (AvgIpc) is 2.58. The lowest BCUT2D eigenvalue weighted by molar-refractivity contribution is -0.134. The van der Waals surface area contributed by atoms with Gasteiger partial charge in [0.15, 0.2) is 18.2 Å². The molecule has 0 aliphatic rings. The molecule has 1 amide bonds. The van der Waals surface area contributed by atoms with E-state index in [0.29, 0.717) is 19.7 Å². The Labute approximate surface area is 134 Å². The quantitative estimate of drug-likeness (QED) is 0.749. The number of nitrogens with zero attached hydrogens (tertiary/aromatic N) is 2. The third-order valence-electron chi connectivity index (χ3n) is 3.23. The molecule has 0 radical (unpaired) electrons. The van der Waals surface area contributed by atoms with E-state index in [4.69, 9.17) is 9.47 Å². The number of pyridine rings is 1. The molecule has 0 aliphatic carbocycles. The summed E-state index contributed by atoms with van der Waals surface area (Å²) in [5.41, 5.74) is 0.954. The average molecular weight is 318 g/mol.